The van der Waals surface area contributed by atoms with E-state index in [1.807, 2.05) is 0 Å². The molecule has 26 heavy (non-hydrogen) atoms. The Kier molecular flexibility index (Phi) is 6.63. The maximum absolute atomic E-state index is 13.2. The van der Waals surface area contributed by atoms with E-state index in [4.69, 9.17) is 9.05 Å². The van der Waals surface area contributed by atoms with Crippen LogP contribution in [0, 0.1) is 0 Å². The van der Waals surface area contributed by atoms with Crippen molar-refractivity contribution in [1.29, 1.82) is 0 Å². The van der Waals surface area contributed by atoms with E-state index in [9.17, 15) is 14.6 Å². The highest BCUT2D eigenvalue weighted by molar-refractivity contribution is 7.52. The molecule has 0 amide bonds. The van der Waals surface area contributed by atoms with Gasteiger partial charge in [0.1, 0.15) is 17.5 Å². The fourth-order valence-electron chi connectivity index (χ4n) is 2.02. The van der Waals surface area contributed by atoms with Crippen LogP contribution < -0.4 is 19.2 Å². The number of methoxy groups -OCH3 is 1. The van der Waals surface area contributed by atoms with Gasteiger partial charge in [-0.3, -0.25) is 15.1 Å². The van der Waals surface area contributed by atoms with Crippen LogP contribution in [-0.4, -0.2) is 31.4 Å². The molecule has 0 aliphatic heterocycles. The molecule has 0 heterocycles. The van der Waals surface area contributed by atoms with E-state index in [0.29, 0.717) is 11.4 Å². The second-order valence-corrected chi connectivity index (χ2v) is 7.00. The molecule has 0 radical (unpaired) electrons. The minimum atomic E-state index is -3.95. The Morgan fingerprint density at radius 3 is 2.12 bits per heavy atom. The lowest BCUT2D eigenvalue weighted by Crippen LogP contribution is -2.35. The molecule has 0 fully saturated rings. The van der Waals surface area contributed by atoms with Gasteiger partial charge in [0.15, 0.2) is 0 Å². The molecule has 0 saturated carbocycles. The lowest BCUT2D eigenvalue weighted by Gasteiger charge is -2.23. The number of hydrogen-bond donors (Lipinski definition) is 2. The minimum Gasteiger partial charge on any atom is -0.468 e. The van der Waals surface area contributed by atoms with E-state index >= 15 is 0 Å². The smallest absolute Gasteiger partial charge is 0.468 e. The summed E-state index contributed by atoms with van der Waals surface area (Å²) in [7, 11) is -1.25. The van der Waals surface area contributed by atoms with Gasteiger partial charge in [-0.2, -0.15) is 5.09 Å². The number of hydroxylamine groups is 1. The first-order valence-electron chi connectivity index (χ1n) is 7.75. The van der Waals surface area contributed by atoms with Gasteiger partial charge in [0, 0.05) is 7.05 Å². The van der Waals surface area contributed by atoms with Crippen molar-refractivity contribution in [3.8, 4) is 11.5 Å². The third-order valence-electron chi connectivity index (χ3n) is 3.31. The van der Waals surface area contributed by atoms with Crippen molar-refractivity contribution in [2.24, 2.45) is 0 Å². The normalized spacial score (nSPS) is 14.0. The Hall–Kier alpha value is -2.54. The van der Waals surface area contributed by atoms with Gasteiger partial charge in [-0.15, -0.1) is 0 Å². The van der Waals surface area contributed by atoms with Crippen molar-refractivity contribution < 1.29 is 28.4 Å². The summed E-state index contributed by atoms with van der Waals surface area (Å²) in [4.78, 5) is 11.7. The molecule has 2 atom stereocenters. The summed E-state index contributed by atoms with van der Waals surface area (Å²) >= 11 is 0. The summed E-state index contributed by atoms with van der Waals surface area (Å²) in [5, 5.41) is 12.9. The molecule has 0 unspecified atom stereocenters. The summed E-state index contributed by atoms with van der Waals surface area (Å²) in [6.07, 6.45) is 0. The highest BCUT2D eigenvalue weighted by atomic mass is 31.2. The Morgan fingerprint density at radius 1 is 1.08 bits per heavy atom. The van der Waals surface area contributed by atoms with Gasteiger partial charge >= 0.3 is 13.7 Å². The van der Waals surface area contributed by atoms with Crippen LogP contribution in [-0.2, 0) is 14.1 Å². The van der Waals surface area contributed by atoms with Crippen LogP contribution in [0.25, 0.3) is 0 Å². The fraction of sp³-hybridized carbons (Fsp3) is 0.235. The van der Waals surface area contributed by atoms with Crippen molar-refractivity contribution in [1.82, 2.24) is 5.09 Å². The number of benzene rings is 2. The van der Waals surface area contributed by atoms with Crippen LogP contribution in [0.3, 0.4) is 0 Å². The van der Waals surface area contributed by atoms with Gasteiger partial charge in [-0.05, 0) is 43.3 Å². The summed E-state index contributed by atoms with van der Waals surface area (Å²) in [5.74, 6) is -0.0609. The van der Waals surface area contributed by atoms with Crippen LogP contribution >= 0.6 is 7.75 Å². The third kappa shape index (κ3) is 5.49. The van der Waals surface area contributed by atoms with E-state index in [1.165, 1.54) is 33.2 Å². The molecule has 2 aromatic rings. The average Bonchev–Trinajstić information content (AvgIpc) is 2.61. The number of ether oxygens (including phenoxy) is 1. The van der Waals surface area contributed by atoms with Crippen molar-refractivity contribution in [2.75, 3.05) is 19.2 Å². The summed E-state index contributed by atoms with van der Waals surface area (Å²) in [6, 6.07) is 13.7. The highest BCUT2D eigenvalue weighted by Crippen LogP contribution is 2.45. The Labute approximate surface area is 151 Å². The van der Waals surface area contributed by atoms with Gasteiger partial charge in [0.2, 0.25) is 0 Å². The highest BCUT2D eigenvalue weighted by Gasteiger charge is 2.33. The van der Waals surface area contributed by atoms with Crippen molar-refractivity contribution in [3.63, 3.8) is 0 Å². The maximum Gasteiger partial charge on any atom is 0.513 e. The van der Waals surface area contributed by atoms with Crippen molar-refractivity contribution in [3.05, 3.63) is 54.6 Å². The number of esters is 1. The molecule has 0 spiro atoms. The standard InChI is InChI=1S/C17H21N2O6P/c1-13(17(20)23-3)18-26(22,24-15-7-5-4-6-8-15)25-16-11-9-14(10-12-16)19(2)21/h4-13,21H,1-3H3,(H,18,22)/t13-,26+/m0/s1. The zero-order valence-electron chi connectivity index (χ0n) is 14.7. The van der Waals surface area contributed by atoms with E-state index in [-0.39, 0.29) is 5.75 Å². The molecule has 2 N–H and O–H groups in total. The second kappa shape index (κ2) is 8.71. The lowest BCUT2D eigenvalue weighted by atomic mass is 10.3. The number of para-hydroxylation sites is 1. The van der Waals surface area contributed by atoms with Crippen molar-refractivity contribution >= 4 is 19.4 Å². The topological polar surface area (TPSA) is 97.3 Å². The predicted molar refractivity (Wildman–Crippen MR) is 96.5 cm³/mol. The van der Waals surface area contributed by atoms with Crippen LogP contribution in [0.2, 0.25) is 0 Å². The van der Waals surface area contributed by atoms with E-state index in [0.717, 1.165) is 5.06 Å². The first-order chi connectivity index (χ1) is 12.3. The number of anilines is 1. The van der Waals surface area contributed by atoms with Gasteiger partial charge in [-0.25, -0.2) is 4.57 Å². The molecule has 0 saturated heterocycles. The molecular formula is C17H21N2O6P. The molecule has 0 aliphatic rings. The quantitative estimate of drug-likeness (QED) is 0.409. The van der Waals surface area contributed by atoms with Crippen molar-refractivity contribution in [2.45, 2.75) is 13.0 Å². The molecule has 9 heteroatoms. The predicted octanol–water partition coefficient (Wildman–Crippen LogP) is 3.23. The van der Waals surface area contributed by atoms with Crippen LogP contribution in [0.4, 0.5) is 5.69 Å². The maximum atomic E-state index is 13.2. The first kappa shape index (κ1) is 19.8. The van der Waals surface area contributed by atoms with Crippen LogP contribution in [0.1, 0.15) is 6.92 Å². The van der Waals surface area contributed by atoms with Crippen LogP contribution in [0.15, 0.2) is 54.6 Å². The first-order valence-corrected chi connectivity index (χ1v) is 9.30. The number of hydrogen-bond acceptors (Lipinski definition) is 7. The molecular weight excluding hydrogens is 359 g/mol. The summed E-state index contributed by atoms with van der Waals surface area (Å²) in [5.41, 5.74) is 0.520. The zero-order chi connectivity index (χ0) is 19.2. The molecule has 0 aliphatic carbocycles. The number of carbonyl (C=O) groups excluding carboxylic acids is 1. The SMILES string of the molecule is COC(=O)[C@H](C)N[P@@](=O)(Oc1ccccc1)Oc1ccc(N(C)O)cc1. The zero-order valence-corrected chi connectivity index (χ0v) is 15.6. The van der Waals surface area contributed by atoms with Gasteiger partial charge in [-0.1, -0.05) is 18.2 Å². The van der Waals surface area contributed by atoms with Gasteiger partial charge in [0.25, 0.3) is 0 Å². The Bertz CT molecular complexity index is 767. The summed E-state index contributed by atoms with van der Waals surface area (Å²) < 4.78 is 28.8. The minimum absolute atomic E-state index is 0.236. The Balaban J connectivity index is 2.24. The molecule has 0 bridgehead atoms. The van der Waals surface area contributed by atoms with Crippen LogP contribution in [0.5, 0.6) is 11.5 Å². The second-order valence-electron chi connectivity index (χ2n) is 5.38. The largest absolute Gasteiger partial charge is 0.513 e. The Morgan fingerprint density at radius 2 is 1.62 bits per heavy atom. The molecule has 0 aromatic heterocycles. The fourth-order valence-corrected chi connectivity index (χ4v) is 3.54. The molecule has 2 aromatic carbocycles. The average molecular weight is 380 g/mol. The monoisotopic (exact) mass is 380 g/mol. The molecule has 8 nitrogen and oxygen atoms in total. The van der Waals surface area contributed by atoms with Gasteiger partial charge in [0.05, 0.1) is 12.8 Å². The van der Waals surface area contributed by atoms with E-state index in [2.05, 4.69) is 9.82 Å². The van der Waals surface area contributed by atoms with Gasteiger partial charge < -0.3 is 13.8 Å². The molecule has 2 rings (SSSR count). The van der Waals surface area contributed by atoms with E-state index < -0.39 is 19.8 Å². The third-order valence-corrected chi connectivity index (χ3v) is 4.92. The number of nitrogens with zero attached hydrogens (tertiary/aromatic N) is 1. The van der Waals surface area contributed by atoms with E-state index in [1.54, 1.807) is 42.5 Å². The lowest BCUT2D eigenvalue weighted by molar-refractivity contribution is -0.142. The number of nitrogens with one attached hydrogen (secondary N) is 1. The number of carbonyl (C=O) groups is 1. The number of rotatable bonds is 8. The molecule has 140 valence electrons. The summed E-state index contributed by atoms with van der Waals surface area (Å²) in [6.45, 7) is 1.49.